The number of thiophene rings is 1. The standard InChI is InChI=1S/C19H22N2O2S/c1-3-11-7-8-14-15(9-11)24-19-16(14)18(22)20-17(21-19)12-5-4-6-13(10-12)23-2/h4-6,10-11,17,21H,3,7-9H2,1-2H3,(H,20,22)/t11-,17+/m1/s1. The van der Waals surface area contributed by atoms with Crippen molar-refractivity contribution in [3.63, 3.8) is 0 Å². The summed E-state index contributed by atoms with van der Waals surface area (Å²) in [6.45, 7) is 2.26. The number of hydrogen-bond acceptors (Lipinski definition) is 4. The van der Waals surface area contributed by atoms with Crippen LogP contribution in [0.1, 0.15) is 52.3 Å². The number of amides is 1. The van der Waals surface area contributed by atoms with Crippen molar-refractivity contribution < 1.29 is 9.53 Å². The largest absolute Gasteiger partial charge is 0.497 e. The van der Waals surface area contributed by atoms with Crippen LogP contribution in [0.15, 0.2) is 24.3 Å². The summed E-state index contributed by atoms with van der Waals surface area (Å²) in [4.78, 5) is 14.1. The number of fused-ring (bicyclic) bond motifs is 3. The van der Waals surface area contributed by atoms with Gasteiger partial charge in [-0.05, 0) is 48.4 Å². The van der Waals surface area contributed by atoms with E-state index in [2.05, 4.69) is 17.6 Å². The molecule has 1 aromatic heterocycles. The average molecular weight is 342 g/mol. The minimum atomic E-state index is -0.206. The van der Waals surface area contributed by atoms with Crippen molar-refractivity contribution in [2.45, 2.75) is 38.8 Å². The van der Waals surface area contributed by atoms with Crippen LogP contribution >= 0.6 is 11.3 Å². The second-order valence-electron chi connectivity index (χ2n) is 6.55. The molecule has 0 spiro atoms. The summed E-state index contributed by atoms with van der Waals surface area (Å²) in [6, 6.07) is 7.83. The van der Waals surface area contributed by atoms with Gasteiger partial charge in [0.2, 0.25) is 0 Å². The number of anilines is 1. The average Bonchev–Trinajstić information content (AvgIpc) is 2.99. The van der Waals surface area contributed by atoms with Gasteiger partial charge in [-0.15, -0.1) is 11.3 Å². The number of ether oxygens (including phenoxy) is 1. The second kappa shape index (κ2) is 6.13. The van der Waals surface area contributed by atoms with E-state index in [1.165, 1.54) is 23.3 Å². The van der Waals surface area contributed by atoms with E-state index in [1.807, 2.05) is 24.3 Å². The van der Waals surface area contributed by atoms with Crippen molar-refractivity contribution in [3.05, 3.63) is 45.8 Å². The lowest BCUT2D eigenvalue weighted by Gasteiger charge is -2.27. The van der Waals surface area contributed by atoms with Crippen molar-refractivity contribution in [1.82, 2.24) is 5.32 Å². The molecule has 2 aliphatic rings. The van der Waals surface area contributed by atoms with Crippen molar-refractivity contribution in [2.75, 3.05) is 12.4 Å². The van der Waals surface area contributed by atoms with E-state index in [0.29, 0.717) is 0 Å². The fourth-order valence-corrected chi connectivity index (χ4v) is 5.09. The molecule has 0 saturated heterocycles. The van der Waals surface area contributed by atoms with Crippen LogP contribution in [0.5, 0.6) is 5.75 Å². The molecule has 24 heavy (non-hydrogen) atoms. The van der Waals surface area contributed by atoms with E-state index >= 15 is 0 Å². The van der Waals surface area contributed by atoms with Crippen molar-refractivity contribution in [3.8, 4) is 5.75 Å². The SMILES string of the molecule is CC[C@@H]1CCc2c(sc3c2C(=O)N[C@H](c2cccc(OC)c2)N3)C1. The third-order valence-corrected chi connectivity index (χ3v) is 6.34. The molecule has 0 bridgehead atoms. The zero-order chi connectivity index (χ0) is 16.7. The Kier molecular flexibility index (Phi) is 3.96. The summed E-state index contributed by atoms with van der Waals surface area (Å²) < 4.78 is 5.29. The predicted molar refractivity (Wildman–Crippen MR) is 96.9 cm³/mol. The summed E-state index contributed by atoms with van der Waals surface area (Å²) in [5, 5.41) is 7.64. The molecular formula is C19H22N2O2S. The summed E-state index contributed by atoms with van der Waals surface area (Å²) in [5.41, 5.74) is 3.16. The first-order chi connectivity index (χ1) is 11.7. The van der Waals surface area contributed by atoms with Crippen molar-refractivity contribution in [1.29, 1.82) is 0 Å². The third-order valence-electron chi connectivity index (χ3n) is 5.15. The molecule has 0 fully saturated rings. The van der Waals surface area contributed by atoms with E-state index in [0.717, 1.165) is 40.6 Å². The fourth-order valence-electron chi connectivity index (χ4n) is 3.70. The van der Waals surface area contributed by atoms with Crippen LogP contribution in [0.25, 0.3) is 0 Å². The van der Waals surface area contributed by atoms with Gasteiger partial charge in [-0.25, -0.2) is 0 Å². The first kappa shape index (κ1) is 15.5. The molecule has 2 heterocycles. The van der Waals surface area contributed by atoms with E-state index in [-0.39, 0.29) is 12.1 Å². The third kappa shape index (κ3) is 2.57. The van der Waals surface area contributed by atoms with Crippen LogP contribution in [0, 0.1) is 5.92 Å². The fraction of sp³-hybridized carbons (Fsp3) is 0.421. The van der Waals surface area contributed by atoms with Crippen LogP contribution in [0.2, 0.25) is 0 Å². The molecule has 1 aliphatic carbocycles. The summed E-state index contributed by atoms with van der Waals surface area (Å²) in [6.07, 6.45) is 4.34. The van der Waals surface area contributed by atoms with Crippen LogP contribution in [-0.4, -0.2) is 13.0 Å². The van der Waals surface area contributed by atoms with Gasteiger partial charge in [-0.2, -0.15) is 0 Å². The molecule has 2 atom stereocenters. The molecule has 5 heteroatoms. The Bertz CT molecular complexity index is 784. The van der Waals surface area contributed by atoms with Gasteiger partial charge in [0, 0.05) is 4.88 Å². The highest BCUT2D eigenvalue weighted by Gasteiger charge is 2.33. The molecule has 126 valence electrons. The Hall–Kier alpha value is -2.01. The highest BCUT2D eigenvalue weighted by Crippen LogP contribution is 2.43. The number of benzene rings is 1. The maximum absolute atomic E-state index is 12.7. The summed E-state index contributed by atoms with van der Waals surface area (Å²) in [5.74, 6) is 1.60. The van der Waals surface area contributed by atoms with E-state index in [1.54, 1.807) is 18.4 Å². The topological polar surface area (TPSA) is 50.4 Å². The first-order valence-corrected chi connectivity index (χ1v) is 9.37. The minimum Gasteiger partial charge on any atom is -0.497 e. The van der Waals surface area contributed by atoms with Gasteiger partial charge in [0.25, 0.3) is 5.91 Å². The monoisotopic (exact) mass is 342 g/mol. The molecule has 2 aromatic rings. The Morgan fingerprint density at radius 3 is 3.00 bits per heavy atom. The molecule has 1 aliphatic heterocycles. The molecule has 0 unspecified atom stereocenters. The number of nitrogens with one attached hydrogen (secondary N) is 2. The molecular weight excluding hydrogens is 320 g/mol. The highest BCUT2D eigenvalue weighted by molar-refractivity contribution is 7.16. The van der Waals surface area contributed by atoms with Crippen LogP contribution < -0.4 is 15.4 Å². The minimum absolute atomic E-state index is 0.0454. The number of carbonyl (C=O) groups excluding carboxylic acids is 1. The Morgan fingerprint density at radius 2 is 2.21 bits per heavy atom. The number of carbonyl (C=O) groups is 1. The second-order valence-corrected chi connectivity index (χ2v) is 7.66. The van der Waals surface area contributed by atoms with E-state index in [4.69, 9.17) is 4.74 Å². The highest BCUT2D eigenvalue weighted by atomic mass is 32.1. The molecule has 4 rings (SSSR count). The van der Waals surface area contributed by atoms with Gasteiger partial charge in [0.15, 0.2) is 0 Å². The van der Waals surface area contributed by atoms with Gasteiger partial charge in [-0.3, -0.25) is 4.79 Å². The van der Waals surface area contributed by atoms with Crippen LogP contribution in [0.3, 0.4) is 0 Å². The lowest BCUT2D eigenvalue weighted by atomic mass is 9.85. The quantitative estimate of drug-likeness (QED) is 0.882. The number of methoxy groups -OCH3 is 1. The smallest absolute Gasteiger partial charge is 0.256 e. The van der Waals surface area contributed by atoms with Crippen LogP contribution in [0.4, 0.5) is 5.00 Å². The molecule has 4 nitrogen and oxygen atoms in total. The molecule has 2 N–H and O–H groups in total. The predicted octanol–water partition coefficient (Wildman–Crippen LogP) is 4.13. The summed E-state index contributed by atoms with van der Waals surface area (Å²) in [7, 11) is 1.65. The molecule has 1 aromatic carbocycles. The normalized spacial score (nSPS) is 22.2. The molecule has 0 saturated carbocycles. The molecule has 0 radical (unpaired) electrons. The number of hydrogen-bond donors (Lipinski definition) is 2. The zero-order valence-electron chi connectivity index (χ0n) is 14.0. The van der Waals surface area contributed by atoms with Gasteiger partial charge < -0.3 is 15.4 Å². The Labute approximate surface area is 146 Å². The van der Waals surface area contributed by atoms with Crippen LogP contribution in [-0.2, 0) is 12.8 Å². The first-order valence-electron chi connectivity index (χ1n) is 8.55. The molecule has 1 amide bonds. The zero-order valence-corrected chi connectivity index (χ0v) is 14.8. The maximum Gasteiger partial charge on any atom is 0.256 e. The van der Waals surface area contributed by atoms with Crippen molar-refractivity contribution in [2.24, 2.45) is 5.92 Å². The summed E-state index contributed by atoms with van der Waals surface area (Å²) >= 11 is 1.77. The van der Waals surface area contributed by atoms with Gasteiger partial charge in [0.1, 0.15) is 16.9 Å². The van der Waals surface area contributed by atoms with Gasteiger partial charge >= 0.3 is 0 Å². The van der Waals surface area contributed by atoms with Gasteiger partial charge in [-0.1, -0.05) is 25.5 Å². The lowest BCUT2D eigenvalue weighted by Crippen LogP contribution is -2.38. The lowest BCUT2D eigenvalue weighted by molar-refractivity contribution is 0.0935. The number of rotatable bonds is 3. The van der Waals surface area contributed by atoms with Crippen molar-refractivity contribution >= 4 is 22.2 Å². The van der Waals surface area contributed by atoms with Gasteiger partial charge in [0.05, 0.1) is 12.7 Å². The Balaban J connectivity index is 1.66. The Morgan fingerprint density at radius 1 is 1.33 bits per heavy atom. The van der Waals surface area contributed by atoms with E-state index in [9.17, 15) is 4.79 Å². The maximum atomic E-state index is 12.7. The van der Waals surface area contributed by atoms with E-state index < -0.39 is 0 Å².